The number of ketones is 1. The quantitative estimate of drug-likeness (QED) is 0.688. The Morgan fingerprint density at radius 3 is 2.12 bits per heavy atom. The van der Waals surface area contributed by atoms with Crippen molar-refractivity contribution in [2.75, 3.05) is 0 Å². The van der Waals surface area contributed by atoms with Crippen molar-refractivity contribution in [3.8, 4) is 0 Å². The molecule has 0 N–H and O–H groups in total. The molecule has 1 nitrogen and oxygen atoms in total. The molecule has 1 unspecified atom stereocenters. The molecule has 0 heterocycles. The van der Waals surface area contributed by atoms with Gasteiger partial charge in [0.1, 0.15) is 5.78 Å². The lowest BCUT2D eigenvalue weighted by Crippen LogP contribution is -2.34. The van der Waals surface area contributed by atoms with Gasteiger partial charge >= 0.3 is 6.18 Å². The monoisotopic (exact) mass is 240 g/mol. The zero-order valence-electron chi connectivity index (χ0n) is 9.19. The van der Waals surface area contributed by atoms with E-state index in [4.69, 9.17) is 0 Å². The van der Waals surface area contributed by atoms with E-state index in [0.29, 0.717) is 19.3 Å². The molecule has 0 radical (unpaired) electrons. The minimum absolute atomic E-state index is 0.0519. The van der Waals surface area contributed by atoms with E-state index in [1.54, 1.807) is 0 Å². The minimum atomic E-state index is -4.74. The van der Waals surface area contributed by atoms with Crippen LogP contribution in [0.15, 0.2) is 0 Å². The Labute approximate surface area is 92.2 Å². The van der Waals surface area contributed by atoms with E-state index >= 15 is 0 Å². The number of hydrogen-bond acceptors (Lipinski definition) is 1. The van der Waals surface area contributed by atoms with Gasteiger partial charge in [-0.05, 0) is 44.4 Å². The zero-order chi connectivity index (χ0) is 12.3. The van der Waals surface area contributed by atoms with Crippen molar-refractivity contribution in [3.63, 3.8) is 0 Å². The molecule has 0 aromatic rings. The number of halogens is 4. The summed E-state index contributed by atoms with van der Waals surface area (Å²) >= 11 is 0. The minimum Gasteiger partial charge on any atom is -0.300 e. The van der Waals surface area contributed by atoms with E-state index < -0.39 is 18.3 Å². The molecule has 0 aliphatic heterocycles. The van der Waals surface area contributed by atoms with Crippen molar-refractivity contribution in [1.29, 1.82) is 0 Å². The van der Waals surface area contributed by atoms with Crippen LogP contribution in [0.5, 0.6) is 0 Å². The van der Waals surface area contributed by atoms with Crippen molar-refractivity contribution in [2.24, 2.45) is 11.8 Å². The molecule has 0 aromatic heterocycles. The van der Waals surface area contributed by atoms with Crippen molar-refractivity contribution in [3.05, 3.63) is 0 Å². The Bertz CT molecular complexity index is 241. The molecule has 1 rings (SSSR count). The smallest absolute Gasteiger partial charge is 0.300 e. The molecule has 0 bridgehead atoms. The summed E-state index contributed by atoms with van der Waals surface area (Å²) in [5.41, 5.74) is 0. The molecule has 5 heteroatoms. The van der Waals surface area contributed by atoms with Gasteiger partial charge in [0.05, 0.1) is 0 Å². The van der Waals surface area contributed by atoms with Crippen LogP contribution < -0.4 is 0 Å². The molecule has 0 amide bonds. The highest BCUT2D eigenvalue weighted by Gasteiger charge is 2.45. The van der Waals surface area contributed by atoms with E-state index in [1.807, 2.05) is 0 Å². The fourth-order valence-electron chi connectivity index (χ4n) is 2.36. The molecule has 16 heavy (non-hydrogen) atoms. The lowest BCUT2D eigenvalue weighted by Gasteiger charge is -2.30. The van der Waals surface area contributed by atoms with E-state index in [9.17, 15) is 22.4 Å². The van der Waals surface area contributed by atoms with Crippen LogP contribution in [-0.4, -0.2) is 18.1 Å². The molecular formula is C11H16F4O. The summed E-state index contributed by atoms with van der Waals surface area (Å²) in [6.07, 6.45) is -5.50. The summed E-state index contributed by atoms with van der Waals surface area (Å²) in [6, 6.07) is 0. The molecule has 1 aliphatic rings. The number of carbonyl (C=O) groups is 1. The first kappa shape index (κ1) is 13.5. The van der Waals surface area contributed by atoms with E-state index in [-0.39, 0.29) is 24.5 Å². The van der Waals surface area contributed by atoms with Gasteiger partial charge in [0.25, 0.3) is 0 Å². The normalized spacial score (nSPS) is 28.8. The average Bonchev–Trinajstić information content (AvgIpc) is 2.15. The lowest BCUT2D eigenvalue weighted by atomic mass is 9.78. The SMILES string of the molecule is CC(=O)CC1CCC(C(F)C(F)(F)F)CC1. The van der Waals surface area contributed by atoms with Gasteiger partial charge in [-0.25, -0.2) is 4.39 Å². The molecule has 0 spiro atoms. The molecule has 1 aliphatic carbocycles. The maximum atomic E-state index is 13.0. The topological polar surface area (TPSA) is 17.1 Å². The van der Waals surface area contributed by atoms with Gasteiger partial charge in [0.15, 0.2) is 6.17 Å². The highest BCUT2D eigenvalue weighted by atomic mass is 19.4. The summed E-state index contributed by atoms with van der Waals surface area (Å²) in [7, 11) is 0. The largest absolute Gasteiger partial charge is 0.419 e. The predicted octanol–water partition coefficient (Wildman–Crippen LogP) is 3.67. The Morgan fingerprint density at radius 2 is 1.75 bits per heavy atom. The number of alkyl halides is 4. The summed E-state index contributed by atoms with van der Waals surface area (Å²) in [6.45, 7) is 1.47. The number of carbonyl (C=O) groups excluding carboxylic acids is 1. The van der Waals surface area contributed by atoms with Crippen molar-refractivity contribution in [2.45, 2.75) is 51.4 Å². The molecule has 0 saturated heterocycles. The number of Topliss-reactive ketones (excluding diaryl/α,β-unsaturated/α-hetero) is 1. The van der Waals surface area contributed by atoms with Crippen LogP contribution in [0.25, 0.3) is 0 Å². The maximum Gasteiger partial charge on any atom is 0.419 e. The van der Waals surface area contributed by atoms with Crippen LogP contribution in [0.1, 0.15) is 39.0 Å². The Morgan fingerprint density at radius 1 is 1.25 bits per heavy atom. The fraction of sp³-hybridized carbons (Fsp3) is 0.909. The van der Waals surface area contributed by atoms with Gasteiger partial charge in [0.2, 0.25) is 0 Å². The van der Waals surface area contributed by atoms with Crippen LogP contribution in [0.2, 0.25) is 0 Å². The molecular weight excluding hydrogens is 224 g/mol. The second kappa shape index (κ2) is 5.15. The summed E-state index contributed by atoms with van der Waals surface area (Å²) in [5.74, 6) is -0.714. The summed E-state index contributed by atoms with van der Waals surface area (Å²) < 4.78 is 49.3. The van der Waals surface area contributed by atoms with Crippen molar-refractivity contribution >= 4 is 5.78 Å². The van der Waals surface area contributed by atoms with Crippen LogP contribution >= 0.6 is 0 Å². The number of hydrogen-bond donors (Lipinski definition) is 0. The van der Waals surface area contributed by atoms with Crippen LogP contribution in [0, 0.1) is 11.8 Å². The molecule has 0 aromatic carbocycles. The van der Waals surface area contributed by atoms with Gasteiger partial charge in [0, 0.05) is 6.42 Å². The third-order valence-electron chi connectivity index (χ3n) is 3.19. The third-order valence-corrected chi connectivity index (χ3v) is 3.19. The predicted molar refractivity (Wildman–Crippen MR) is 51.7 cm³/mol. The van der Waals surface area contributed by atoms with Crippen LogP contribution in [0.4, 0.5) is 17.6 Å². The van der Waals surface area contributed by atoms with Gasteiger partial charge in [-0.3, -0.25) is 0 Å². The molecule has 94 valence electrons. The summed E-state index contributed by atoms with van der Waals surface area (Å²) in [4.78, 5) is 10.8. The Balaban J connectivity index is 2.40. The Kier molecular flexibility index (Phi) is 4.33. The van der Waals surface area contributed by atoms with E-state index in [1.165, 1.54) is 6.92 Å². The first-order valence-corrected chi connectivity index (χ1v) is 5.51. The standard InChI is InChI=1S/C11H16F4O/c1-7(16)6-8-2-4-9(5-3-8)10(12)11(13,14)15/h8-10H,2-6H2,1H3. The highest BCUT2D eigenvalue weighted by molar-refractivity contribution is 5.75. The van der Waals surface area contributed by atoms with Gasteiger partial charge < -0.3 is 4.79 Å². The highest BCUT2D eigenvalue weighted by Crippen LogP contribution is 2.39. The van der Waals surface area contributed by atoms with Gasteiger partial charge in [-0.2, -0.15) is 13.2 Å². The molecule has 1 saturated carbocycles. The third kappa shape index (κ3) is 3.76. The van der Waals surface area contributed by atoms with E-state index in [2.05, 4.69) is 0 Å². The second-order valence-corrected chi connectivity index (χ2v) is 4.63. The zero-order valence-corrected chi connectivity index (χ0v) is 9.19. The molecule has 1 fully saturated rings. The van der Waals surface area contributed by atoms with Crippen LogP contribution in [0.3, 0.4) is 0 Å². The summed E-state index contributed by atoms with van der Waals surface area (Å²) in [5, 5.41) is 0. The Hall–Kier alpha value is -0.610. The lowest BCUT2D eigenvalue weighted by molar-refractivity contribution is -0.198. The number of rotatable bonds is 3. The average molecular weight is 240 g/mol. The maximum absolute atomic E-state index is 13.0. The first-order chi connectivity index (χ1) is 7.30. The fourth-order valence-corrected chi connectivity index (χ4v) is 2.36. The molecule has 1 atom stereocenters. The van der Waals surface area contributed by atoms with Crippen molar-refractivity contribution in [1.82, 2.24) is 0 Å². The van der Waals surface area contributed by atoms with Gasteiger partial charge in [-0.15, -0.1) is 0 Å². The first-order valence-electron chi connectivity index (χ1n) is 5.51. The second-order valence-electron chi connectivity index (χ2n) is 4.63. The van der Waals surface area contributed by atoms with Gasteiger partial charge in [-0.1, -0.05) is 0 Å². The van der Waals surface area contributed by atoms with E-state index in [0.717, 1.165) is 0 Å². The van der Waals surface area contributed by atoms with Crippen molar-refractivity contribution < 1.29 is 22.4 Å². The van der Waals surface area contributed by atoms with Crippen LogP contribution in [-0.2, 0) is 4.79 Å².